The summed E-state index contributed by atoms with van der Waals surface area (Å²) in [5, 5.41) is 2.91. The quantitative estimate of drug-likeness (QED) is 0.434. The Bertz CT molecular complexity index is 1370. The van der Waals surface area contributed by atoms with Crippen molar-refractivity contribution in [3.05, 3.63) is 89.7 Å². The molecule has 2 N–H and O–H groups in total. The van der Waals surface area contributed by atoms with Gasteiger partial charge in [-0.05, 0) is 60.9 Å². The minimum atomic E-state index is -3.43. The summed E-state index contributed by atoms with van der Waals surface area (Å²) in [5.74, 6) is 1.18. The lowest BCUT2D eigenvalue weighted by atomic mass is 9.85. The number of carbonyl (C=O) groups excluding carboxylic acids is 1. The third-order valence-electron chi connectivity index (χ3n) is 5.93. The van der Waals surface area contributed by atoms with Crippen LogP contribution in [0.2, 0.25) is 0 Å². The van der Waals surface area contributed by atoms with Crippen molar-refractivity contribution in [2.24, 2.45) is 0 Å². The summed E-state index contributed by atoms with van der Waals surface area (Å²) in [5.41, 5.74) is 3.58. The van der Waals surface area contributed by atoms with E-state index in [2.05, 4.69) is 15.3 Å². The number of benzene rings is 3. The molecule has 1 aliphatic carbocycles. The normalized spacial score (nSPS) is 14.2. The summed E-state index contributed by atoms with van der Waals surface area (Å²) in [6.07, 6.45) is 3.60. The molecule has 162 valence electrons. The molecule has 1 saturated carbocycles. The van der Waals surface area contributed by atoms with Crippen LogP contribution in [0.15, 0.2) is 77.7 Å². The van der Waals surface area contributed by atoms with Gasteiger partial charge in [0, 0.05) is 17.2 Å². The van der Waals surface area contributed by atoms with E-state index in [0.717, 1.165) is 16.9 Å². The maximum absolute atomic E-state index is 12.7. The molecule has 0 aliphatic heterocycles. The number of hydrogen-bond donors (Lipinski definition) is 2. The first-order valence-electron chi connectivity index (χ1n) is 10.7. The minimum absolute atomic E-state index is 0.112. The predicted molar refractivity (Wildman–Crippen MR) is 124 cm³/mol. The molecule has 0 atom stereocenters. The molecule has 1 aliphatic rings. The van der Waals surface area contributed by atoms with E-state index in [4.69, 9.17) is 0 Å². The van der Waals surface area contributed by atoms with Gasteiger partial charge in [-0.15, -0.1) is 0 Å². The molecular formula is C25H23N3O3S. The number of aromatic nitrogens is 2. The Morgan fingerprint density at radius 1 is 1.00 bits per heavy atom. The van der Waals surface area contributed by atoms with Crippen LogP contribution in [0.5, 0.6) is 0 Å². The van der Waals surface area contributed by atoms with Crippen molar-refractivity contribution < 1.29 is 13.2 Å². The fraction of sp³-hybridized carbons (Fsp3) is 0.200. The molecule has 6 nitrogen and oxygen atoms in total. The van der Waals surface area contributed by atoms with Gasteiger partial charge in [0.2, 0.25) is 0 Å². The summed E-state index contributed by atoms with van der Waals surface area (Å²) in [6, 6.07) is 20.6. The van der Waals surface area contributed by atoms with Gasteiger partial charge in [0.05, 0.1) is 21.7 Å². The first-order chi connectivity index (χ1) is 15.5. The number of carbonyl (C=O) groups is 1. The van der Waals surface area contributed by atoms with Crippen molar-refractivity contribution in [1.82, 2.24) is 9.97 Å². The second-order valence-corrected chi connectivity index (χ2v) is 10.2. The van der Waals surface area contributed by atoms with E-state index in [1.807, 2.05) is 18.2 Å². The van der Waals surface area contributed by atoms with Gasteiger partial charge >= 0.3 is 0 Å². The predicted octanol–water partition coefficient (Wildman–Crippen LogP) is 5.06. The molecule has 1 fully saturated rings. The second kappa shape index (κ2) is 8.24. The van der Waals surface area contributed by atoms with Gasteiger partial charge in [0.1, 0.15) is 5.82 Å². The van der Waals surface area contributed by atoms with Crippen molar-refractivity contribution in [3.63, 3.8) is 0 Å². The number of rotatable bonds is 6. The van der Waals surface area contributed by atoms with E-state index in [-0.39, 0.29) is 16.6 Å². The summed E-state index contributed by atoms with van der Waals surface area (Å²) < 4.78 is 25.1. The van der Waals surface area contributed by atoms with Crippen LogP contribution in [0.4, 0.5) is 5.69 Å². The summed E-state index contributed by atoms with van der Waals surface area (Å²) in [7, 11) is -3.43. The Balaban J connectivity index is 1.27. The molecule has 32 heavy (non-hydrogen) atoms. The number of nitrogens with one attached hydrogen (secondary N) is 2. The highest BCUT2D eigenvalue weighted by Crippen LogP contribution is 2.35. The Kier molecular flexibility index (Phi) is 5.27. The van der Waals surface area contributed by atoms with Crippen molar-refractivity contribution in [2.75, 3.05) is 5.32 Å². The van der Waals surface area contributed by atoms with Gasteiger partial charge < -0.3 is 10.3 Å². The van der Waals surface area contributed by atoms with Crippen LogP contribution in [0.25, 0.3) is 11.0 Å². The maximum atomic E-state index is 12.7. The highest BCUT2D eigenvalue weighted by molar-refractivity contribution is 7.90. The summed E-state index contributed by atoms with van der Waals surface area (Å²) in [4.78, 5) is 21.0. The number of H-pyrrole nitrogens is 1. The third kappa shape index (κ3) is 4.16. The molecule has 0 radical (unpaired) electrons. The van der Waals surface area contributed by atoms with Crippen LogP contribution in [0.3, 0.4) is 0 Å². The standard InChI is InChI=1S/C25H23N3O3S/c29-25(26-20-13-14-22-23(15-20)28-24(27-22)18-5-4-6-18)19-11-9-17(10-12-19)16-32(30,31)21-7-2-1-3-8-21/h1-3,7-15,18H,4-6,16H2,(H,26,29)(H,27,28). The van der Waals surface area contributed by atoms with Crippen molar-refractivity contribution in [2.45, 2.75) is 35.8 Å². The lowest BCUT2D eigenvalue weighted by molar-refractivity contribution is 0.102. The lowest BCUT2D eigenvalue weighted by Crippen LogP contribution is -2.12. The van der Waals surface area contributed by atoms with E-state index in [0.29, 0.717) is 22.7 Å². The molecule has 3 aromatic carbocycles. The van der Waals surface area contributed by atoms with Crippen LogP contribution >= 0.6 is 0 Å². The number of sulfone groups is 1. The zero-order valence-electron chi connectivity index (χ0n) is 17.4. The van der Waals surface area contributed by atoms with E-state index < -0.39 is 9.84 Å². The molecule has 1 heterocycles. The summed E-state index contributed by atoms with van der Waals surface area (Å²) >= 11 is 0. The molecule has 0 unspecified atom stereocenters. The Morgan fingerprint density at radius 3 is 2.44 bits per heavy atom. The van der Waals surface area contributed by atoms with E-state index in [9.17, 15) is 13.2 Å². The van der Waals surface area contributed by atoms with Gasteiger partial charge in [-0.3, -0.25) is 4.79 Å². The molecular weight excluding hydrogens is 422 g/mol. The molecule has 0 bridgehead atoms. The van der Waals surface area contributed by atoms with E-state index >= 15 is 0 Å². The minimum Gasteiger partial charge on any atom is -0.342 e. The highest BCUT2D eigenvalue weighted by Gasteiger charge is 2.22. The summed E-state index contributed by atoms with van der Waals surface area (Å²) in [6.45, 7) is 0. The average molecular weight is 446 g/mol. The molecule has 4 aromatic rings. The Labute approximate surface area is 186 Å². The van der Waals surface area contributed by atoms with E-state index in [1.165, 1.54) is 19.3 Å². The van der Waals surface area contributed by atoms with Crippen molar-refractivity contribution in [3.8, 4) is 0 Å². The topological polar surface area (TPSA) is 91.9 Å². The SMILES string of the molecule is O=C(Nc1ccc2nc(C3CCC3)[nH]c2c1)c1ccc(CS(=O)(=O)c2ccccc2)cc1. The van der Waals surface area contributed by atoms with Gasteiger partial charge in [-0.25, -0.2) is 13.4 Å². The van der Waals surface area contributed by atoms with Crippen LogP contribution in [-0.2, 0) is 15.6 Å². The van der Waals surface area contributed by atoms with Crippen LogP contribution in [0, 0.1) is 0 Å². The molecule has 1 aromatic heterocycles. The van der Waals surface area contributed by atoms with Crippen LogP contribution < -0.4 is 5.32 Å². The van der Waals surface area contributed by atoms with Crippen LogP contribution in [0.1, 0.15) is 46.9 Å². The number of nitrogens with zero attached hydrogens (tertiary/aromatic N) is 1. The zero-order chi connectivity index (χ0) is 22.1. The molecule has 0 spiro atoms. The van der Waals surface area contributed by atoms with Crippen molar-refractivity contribution >= 4 is 32.5 Å². The van der Waals surface area contributed by atoms with E-state index in [1.54, 1.807) is 54.6 Å². The van der Waals surface area contributed by atoms with Gasteiger partial charge in [-0.2, -0.15) is 0 Å². The van der Waals surface area contributed by atoms with Crippen LogP contribution in [-0.4, -0.2) is 24.3 Å². The maximum Gasteiger partial charge on any atom is 0.255 e. The largest absolute Gasteiger partial charge is 0.342 e. The first-order valence-corrected chi connectivity index (χ1v) is 12.3. The number of hydrogen-bond acceptors (Lipinski definition) is 4. The Hall–Kier alpha value is -3.45. The average Bonchev–Trinajstić information content (AvgIpc) is 3.15. The molecule has 5 rings (SSSR count). The zero-order valence-corrected chi connectivity index (χ0v) is 18.2. The fourth-order valence-corrected chi connectivity index (χ4v) is 5.24. The van der Waals surface area contributed by atoms with Gasteiger partial charge in [-0.1, -0.05) is 36.8 Å². The number of amides is 1. The second-order valence-electron chi connectivity index (χ2n) is 8.20. The monoisotopic (exact) mass is 445 g/mol. The fourth-order valence-electron chi connectivity index (χ4n) is 3.87. The van der Waals surface area contributed by atoms with Crippen molar-refractivity contribution in [1.29, 1.82) is 0 Å². The Morgan fingerprint density at radius 2 is 1.75 bits per heavy atom. The first kappa shape index (κ1) is 20.5. The highest BCUT2D eigenvalue weighted by atomic mass is 32.2. The number of imidazole rings is 1. The smallest absolute Gasteiger partial charge is 0.255 e. The number of fused-ring (bicyclic) bond motifs is 1. The third-order valence-corrected chi connectivity index (χ3v) is 7.63. The molecule has 7 heteroatoms. The molecule has 1 amide bonds. The number of aromatic amines is 1. The van der Waals surface area contributed by atoms with Gasteiger partial charge in [0.15, 0.2) is 9.84 Å². The van der Waals surface area contributed by atoms with Gasteiger partial charge in [0.25, 0.3) is 5.91 Å². The molecule has 0 saturated heterocycles. The number of anilines is 1. The lowest BCUT2D eigenvalue weighted by Gasteiger charge is -2.22.